The fourth-order valence-corrected chi connectivity index (χ4v) is 1.03. The van der Waals surface area contributed by atoms with E-state index in [0.29, 0.717) is 12.4 Å². The van der Waals surface area contributed by atoms with E-state index in [2.05, 4.69) is 0 Å². The first-order valence-electron chi connectivity index (χ1n) is 3.53. The Morgan fingerprint density at radius 1 is 1.55 bits per heavy atom. The zero-order chi connectivity index (χ0) is 8.27. The average Bonchev–Trinajstić information content (AvgIpc) is 2.31. The van der Waals surface area contributed by atoms with Crippen LogP contribution in [0.3, 0.4) is 0 Å². The molecule has 11 heavy (non-hydrogen) atoms. The number of nitrogens with zero attached hydrogens (tertiary/aromatic N) is 2. The largest absolute Gasteiger partial charge is 0.327 e. The Kier molecular flexibility index (Phi) is 2.76. The third kappa shape index (κ3) is 1.87. The van der Waals surface area contributed by atoms with Gasteiger partial charge in [-0.15, -0.1) is 11.6 Å². The maximum Gasteiger partial charge on any atom is 0.327 e. The van der Waals surface area contributed by atoms with Crippen LogP contribution in [0.25, 0.3) is 0 Å². The summed E-state index contributed by atoms with van der Waals surface area (Å²) >= 11 is 5.49. The van der Waals surface area contributed by atoms with Gasteiger partial charge in [-0.25, -0.2) is 4.79 Å². The molecule has 0 unspecified atom stereocenters. The second kappa shape index (κ2) is 3.62. The highest BCUT2D eigenvalue weighted by molar-refractivity contribution is 6.17. The van der Waals surface area contributed by atoms with E-state index in [1.807, 2.05) is 0 Å². The van der Waals surface area contributed by atoms with E-state index in [4.69, 9.17) is 11.6 Å². The summed E-state index contributed by atoms with van der Waals surface area (Å²) in [6.45, 7) is 0.711. The molecule has 0 aliphatic heterocycles. The molecule has 0 aliphatic carbocycles. The first-order chi connectivity index (χ1) is 5.25. The molecule has 0 aromatic carbocycles. The number of rotatable bonds is 3. The van der Waals surface area contributed by atoms with Gasteiger partial charge in [0.05, 0.1) is 0 Å². The van der Waals surface area contributed by atoms with Crippen LogP contribution in [0.2, 0.25) is 0 Å². The number of halogens is 1. The molecule has 1 aromatic rings. The molecule has 1 rings (SSSR count). The van der Waals surface area contributed by atoms with Crippen molar-refractivity contribution in [3.8, 4) is 0 Å². The second-order valence-corrected chi connectivity index (χ2v) is 2.81. The number of alkyl halides is 1. The third-order valence-corrected chi connectivity index (χ3v) is 1.82. The van der Waals surface area contributed by atoms with Gasteiger partial charge >= 0.3 is 5.69 Å². The predicted octanol–water partition coefficient (Wildman–Crippen LogP) is 0.816. The van der Waals surface area contributed by atoms with Gasteiger partial charge in [0.15, 0.2) is 0 Å². The molecule has 0 fully saturated rings. The number of hydrogen-bond acceptors (Lipinski definition) is 1. The van der Waals surface area contributed by atoms with Crippen LogP contribution in [0.15, 0.2) is 17.2 Å². The molecule has 0 amide bonds. The van der Waals surface area contributed by atoms with Gasteiger partial charge in [-0.2, -0.15) is 0 Å². The van der Waals surface area contributed by atoms with Crippen molar-refractivity contribution in [2.45, 2.75) is 13.0 Å². The zero-order valence-electron chi connectivity index (χ0n) is 6.46. The fraction of sp³-hybridized carbons (Fsp3) is 0.571. The van der Waals surface area contributed by atoms with Gasteiger partial charge in [-0.1, -0.05) is 0 Å². The van der Waals surface area contributed by atoms with Crippen molar-refractivity contribution in [1.82, 2.24) is 9.13 Å². The van der Waals surface area contributed by atoms with Crippen LogP contribution < -0.4 is 5.69 Å². The van der Waals surface area contributed by atoms with Crippen molar-refractivity contribution in [3.05, 3.63) is 22.9 Å². The molecule has 0 spiro atoms. The smallest absolute Gasteiger partial charge is 0.302 e. The molecule has 0 saturated heterocycles. The highest BCUT2D eigenvalue weighted by Gasteiger charge is 1.96. The van der Waals surface area contributed by atoms with Gasteiger partial charge in [0.2, 0.25) is 0 Å². The first kappa shape index (κ1) is 8.40. The summed E-state index contributed by atoms with van der Waals surface area (Å²) in [5.41, 5.74) is 0.0233. The van der Waals surface area contributed by atoms with Crippen LogP contribution in [-0.2, 0) is 13.6 Å². The van der Waals surface area contributed by atoms with Crippen molar-refractivity contribution in [3.63, 3.8) is 0 Å². The Bertz CT molecular complexity index is 276. The molecule has 0 atom stereocenters. The summed E-state index contributed by atoms with van der Waals surface area (Å²) in [5.74, 6) is 0.599. The highest BCUT2D eigenvalue weighted by atomic mass is 35.5. The van der Waals surface area contributed by atoms with E-state index < -0.39 is 0 Å². The lowest BCUT2D eigenvalue weighted by molar-refractivity contribution is 0.639. The average molecular weight is 175 g/mol. The lowest BCUT2D eigenvalue weighted by Crippen LogP contribution is -2.21. The summed E-state index contributed by atoms with van der Waals surface area (Å²) in [6, 6.07) is 0. The van der Waals surface area contributed by atoms with Crippen molar-refractivity contribution in [2.24, 2.45) is 7.05 Å². The van der Waals surface area contributed by atoms with Crippen LogP contribution in [0.1, 0.15) is 6.42 Å². The molecule has 1 aromatic heterocycles. The lowest BCUT2D eigenvalue weighted by Gasteiger charge is -1.96. The quantitative estimate of drug-likeness (QED) is 0.624. The minimum Gasteiger partial charge on any atom is -0.302 e. The Morgan fingerprint density at radius 3 is 2.73 bits per heavy atom. The second-order valence-electron chi connectivity index (χ2n) is 2.43. The summed E-state index contributed by atoms with van der Waals surface area (Å²) in [6.07, 6.45) is 4.36. The molecule has 4 heteroatoms. The third-order valence-electron chi connectivity index (χ3n) is 1.55. The molecule has 0 aliphatic rings. The molecule has 3 nitrogen and oxygen atoms in total. The molecule has 62 valence electrons. The number of aromatic nitrogens is 2. The highest BCUT2D eigenvalue weighted by Crippen LogP contribution is 1.89. The van der Waals surface area contributed by atoms with E-state index in [0.717, 1.165) is 6.42 Å². The van der Waals surface area contributed by atoms with Gasteiger partial charge in [-0.3, -0.25) is 4.57 Å². The van der Waals surface area contributed by atoms with Crippen LogP contribution in [0.4, 0.5) is 0 Å². The minimum absolute atomic E-state index is 0.0233. The lowest BCUT2D eigenvalue weighted by atomic mass is 10.5. The summed E-state index contributed by atoms with van der Waals surface area (Å²) in [5, 5.41) is 0. The maximum atomic E-state index is 11.2. The summed E-state index contributed by atoms with van der Waals surface area (Å²) in [7, 11) is 1.74. The predicted molar refractivity (Wildman–Crippen MR) is 45.0 cm³/mol. The van der Waals surface area contributed by atoms with Gasteiger partial charge in [-0.05, 0) is 6.42 Å². The number of imidazole rings is 1. The fourth-order valence-electron chi connectivity index (χ4n) is 0.911. The van der Waals surface area contributed by atoms with E-state index in [9.17, 15) is 4.79 Å². The van der Waals surface area contributed by atoms with Crippen molar-refractivity contribution < 1.29 is 0 Å². The Morgan fingerprint density at radius 2 is 2.27 bits per heavy atom. The SMILES string of the molecule is Cn1ccn(CCCCl)c1=O. The molecule has 0 N–H and O–H groups in total. The Hall–Kier alpha value is -0.700. The van der Waals surface area contributed by atoms with Gasteiger partial charge in [0.1, 0.15) is 0 Å². The van der Waals surface area contributed by atoms with Gasteiger partial charge < -0.3 is 4.57 Å². The van der Waals surface area contributed by atoms with E-state index in [1.54, 1.807) is 28.6 Å². The number of aryl methyl sites for hydroxylation is 2. The van der Waals surface area contributed by atoms with E-state index in [1.165, 1.54) is 0 Å². The molecule has 0 saturated carbocycles. The first-order valence-corrected chi connectivity index (χ1v) is 4.07. The van der Waals surface area contributed by atoms with Gasteiger partial charge in [0, 0.05) is 31.9 Å². The van der Waals surface area contributed by atoms with Crippen LogP contribution in [0.5, 0.6) is 0 Å². The molecule has 0 bridgehead atoms. The molecule has 1 heterocycles. The van der Waals surface area contributed by atoms with Crippen LogP contribution >= 0.6 is 11.6 Å². The molecular weight excluding hydrogens is 164 g/mol. The van der Waals surface area contributed by atoms with E-state index >= 15 is 0 Å². The van der Waals surface area contributed by atoms with Crippen LogP contribution in [0, 0.1) is 0 Å². The van der Waals surface area contributed by atoms with E-state index in [-0.39, 0.29) is 5.69 Å². The Balaban J connectivity index is 2.71. The normalized spacial score (nSPS) is 10.4. The topological polar surface area (TPSA) is 26.9 Å². The zero-order valence-corrected chi connectivity index (χ0v) is 7.21. The van der Waals surface area contributed by atoms with Crippen molar-refractivity contribution in [1.29, 1.82) is 0 Å². The standard InChI is InChI=1S/C7H11ClN2O/c1-9-5-6-10(7(9)11)4-2-3-8/h5-6H,2-4H2,1H3. The Labute approximate surface area is 70.2 Å². The van der Waals surface area contributed by atoms with Crippen LogP contribution in [-0.4, -0.2) is 15.0 Å². The monoisotopic (exact) mass is 174 g/mol. The minimum atomic E-state index is 0.0233. The van der Waals surface area contributed by atoms with Crippen molar-refractivity contribution >= 4 is 11.6 Å². The maximum absolute atomic E-state index is 11.2. The van der Waals surface area contributed by atoms with Gasteiger partial charge in [0.25, 0.3) is 0 Å². The van der Waals surface area contributed by atoms with Crippen molar-refractivity contribution in [2.75, 3.05) is 5.88 Å². The number of hydrogen-bond donors (Lipinski definition) is 0. The molecular formula is C7H11ClN2O. The molecule has 0 radical (unpaired) electrons. The summed E-state index contributed by atoms with van der Waals surface area (Å²) < 4.78 is 3.20. The summed E-state index contributed by atoms with van der Waals surface area (Å²) in [4.78, 5) is 11.2.